The first kappa shape index (κ1) is 16.1. The Hall–Kier alpha value is -1.06. The summed E-state index contributed by atoms with van der Waals surface area (Å²) in [5.74, 6) is 3.42. The van der Waals surface area contributed by atoms with Crippen molar-refractivity contribution in [2.75, 3.05) is 13.7 Å². The fraction of sp³-hybridized carbons (Fsp3) is 0.727. The number of rotatable bonds is 2. The van der Waals surface area contributed by atoms with Gasteiger partial charge < -0.3 is 14.9 Å². The van der Waals surface area contributed by atoms with Crippen LogP contribution in [0.1, 0.15) is 56.6 Å². The van der Waals surface area contributed by atoms with Crippen molar-refractivity contribution in [3.63, 3.8) is 0 Å². The maximum Gasteiger partial charge on any atom is 0.119 e. The zero-order chi connectivity index (χ0) is 17.6. The lowest BCUT2D eigenvalue weighted by Gasteiger charge is -2.57. The molecule has 5 rings (SSSR count). The molecular weight excluding hydrogens is 312 g/mol. The van der Waals surface area contributed by atoms with E-state index in [1.165, 1.54) is 17.5 Å². The molecule has 1 aromatic rings. The Labute approximate surface area is 150 Å². The minimum Gasteiger partial charge on any atom is -0.497 e. The predicted octanol–water partition coefficient (Wildman–Crippen LogP) is 3.52. The van der Waals surface area contributed by atoms with Gasteiger partial charge in [0.25, 0.3) is 0 Å². The topological polar surface area (TPSA) is 49.7 Å². The minimum atomic E-state index is -0.874. The second kappa shape index (κ2) is 4.80. The lowest BCUT2D eigenvalue weighted by atomic mass is 9.48. The largest absolute Gasteiger partial charge is 0.497 e. The molecule has 3 heteroatoms. The van der Waals surface area contributed by atoms with Gasteiger partial charge in [0.05, 0.1) is 19.3 Å². The number of ether oxygens (including phenoxy) is 1. The van der Waals surface area contributed by atoms with Crippen LogP contribution in [0.2, 0.25) is 0 Å². The zero-order valence-corrected chi connectivity index (χ0v) is 15.6. The fourth-order valence-corrected chi connectivity index (χ4v) is 7.78. The second-order valence-electron chi connectivity index (χ2n) is 9.58. The van der Waals surface area contributed by atoms with Crippen molar-refractivity contribution in [1.29, 1.82) is 0 Å². The smallest absolute Gasteiger partial charge is 0.119 e. The number of hydrogen-bond acceptors (Lipinski definition) is 3. The molecule has 136 valence electrons. The molecule has 1 aromatic carbocycles. The van der Waals surface area contributed by atoms with Gasteiger partial charge in [-0.15, -0.1) is 0 Å². The Bertz CT molecular complexity index is 730. The van der Waals surface area contributed by atoms with Crippen LogP contribution in [0.15, 0.2) is 18.2 Å². The molecule has 0 aliphatic heterocycles. The standard InChI is InChI=1S/C22H30O3/c1-13-8-14-9-16(25-3)4-5-17(14)18-6-7-20(2)21(24,12-23)10-15-11-22(15,20)19(13)18/h4-5,9,13,15,18-19,23-24H,6-8,10-12H2,1-3H3/t13?,15?,18-,19-,20-,21?,22+/m1/s1. The first-order valence-corrected chi connectivity index (χ1v) is 9.90. The summed E-state index contributed by atoms with van der Waals surface area (Å²) < 4.78 is 5.45. The molecule has 2 N–H and O–H groups in total. The monoisotopic (exact) mass is 342 g/mol. The van der Waals surface area contributed by atoms with Gasteiger partial charge in [0.15, 0.2) is 0 Å². The highest BCUT2D eigenvalue weighted by atomic mass is 16.5. The molecule has 0 amide bonds. The highest BCUT2D eigenvalue weighted by Gasteiger charge is 2.81. The van der Waals surface area contributed by atoms with E-state index in [4.69, 9.17) is 4.74 Å². The zero-order valence-electron chi connectivity index (χ0n) is 15.6. The SMILES string of the molecule is COc1ccc2c(c1)CC(C)[C@@H]1[C@@H]2CC[C@]2(C)C(O)(CO)CC3C[C@]312. The van der Waals surface area contributed by atoms with E-state index in [1.54, 1.807) is 7.11 Å². The molecule has 3 unspecified atom stereocenters. The lowest BCUT2D eigenvalue weighted by Crippen LogP contribution is -2.57. The summed E-state index contributed by atoms with van der Waals surface area (Å²) in [7, 11) is 1.74. The molecule has 3 fully saturated rings. The third-order valence-electron chi connectivity index (χ3n) is 8.94. The molecule has 0 radical (unpaired) electrons. The summed E-state index contributed by atoms with van der Waals surface area (Å²) in [6.07, 6.45) is 5.31. The Morgan fingerprint density at radius 2 is 2.08 bits per heavy atom. The van der Waals surface area contributed by atoms with Crippen molar-refractivity contribution in [3.05, 3.63) is 29.3 Å². The average molecular weight is 342 g/mol. The van der Waals surface area contributed by atoms with E-state index in [1.807, 2.05) is 0 Å². The number of aliphatic hydroxyl groups is 2. The molecule has 0 aromatic heterocycles. The van der Waals surface area contributed by atoms with Crippen molar-refractivity contribution in [2.45, 2.75) is 57.5 Å². The maximum absolute atomic E-state index is 11.2. The molecule has 1 spiro atoms. The molecule has 3 saturated carbocycles. The van der Waals surface area contributed by atoms with Gasteiger partial charge in [0.1, 0.15) is 5.75 Å². The summed E-state index contributed by atoms with van der Waals surface area (Å²) in [6.45, 7) is 4.61. The van der Waals surface area contributed by atoms with Gasteiger partial charge in [-0.05, 0) is 84.5 Å². The van der Waals surface area contributed by atoms with E-state index >= 15 is 0 Å². The van der Waals surface area contributed by atoms with Crippen LogP contribution in [-0.2, 0) is 6.42 Å². The number of methoxy groups -OCH3 is 1. The highest BCUT2D eigenvalue weighted by Crippen LogP contribution is 2.84. The molecule has 0 heterocycles. The van der Waals surface area contributed by atoms with Gasteiger partial charge in [-0.1, -0.05) is 19.9 Å². The van der Waals surface area contributed by atoms with Crippen molar-refractivity contribution in [3.8, 4) is 5.75 Å². The van der Waals surface area contributed by atoms with Gasteiger partial charge >= 0.3 is 0 Å². The van der Waals surface area contributed by atoms with Crippen LogP contribution < -0.4 is 4.74 Å². The Kier molecular flexibility index (Phi) is 3.10. The van der Waals surface area contributed by atoms with Gasteiger partial charge in [-0.3, -0.25) is 0 Å². The Balaban J connectivity index is 1.60. The van der Waals surface area contributed by atoms with Crippen LogP contribution in [0.4, 0.5) is 0 Å². The van der Waals surface area contributed by atoms with Crippen LogP contribution >= 0.6 is 0 Å². The number of hydrogen-bond donors (Lipinski definition) is 2. The summed E-state index contributed by atoms with van der Waals surface area (Å²) in [5, 5.41) is 21.2. The minimum absolute atomic E-state index is 0.0820. The van der Waals surface area contributed by atoms with Crippen LogP contribution in [0.25, 0.3) is 0 Å². The van der Waals surface area contributed by atoms with Crippen LogP contribution in [0.3, 0.4) is 0 Å². The first-order chi connectivity index (χ1) is 11.9. The van der Waals surface area contributed by atoms with Gasteiger partial charge in [-0.25, -0.2) is 0 Å². The highest BCUT2D eigenvalue weighted by molar-refractivity contribution is 5.43. The Morgan fingerprint density at radius 3 is 2.80 bits per heavy atom. The quantitative estimate of drug-likeness (QED) is 0.864. The van der Waals surface area contributed by atoms with Gasteiger partial charge in [0, 0.05) is 5.41 Å². The maximum atomic E-state index is 11.2. The normalized spacial score (nSPS) is 49.6. The van der Waals surface area contributed by atoms with Crippen molar-refractivity contribution in [2.24, 2.45) is 28.6 Å². The molecular formula is C22H30O3. The molecule has 0 saturated heterocycles. The van der Waals surface area contributed by atoms with Gasteiger partial charge in [-0.2, -0.15) is 0 Å². The summed E-state index contributed by atoms with van der Waals surface area (Å²) in [6, 6.07) is 6.64. The van der Waals surface area contributed by atoms with E-state index in [9.17, 15) is 10.2 Å². The van der Waals surface area contributed by atoms with Gasteiger partial charge in [0.2, 0.25) is 0 Å². The van der Waals surface area contributed by atoms with Crippen molar-refractivity contribution < 1.29 is 14.9 Å². The Morgan fingerprint density at radius 1 is 1.28 bits per heavy atom. The van der Waals surface area contributed by atoms with Crippen LogP contribution in [0, 0.1) is 28.6 Å². The summed E-state index contributed by atoms with van der Waals surface area (Å²) >= 11 is 0. The fourth-order valence-electron chi connectivity index (χ4n) is 7.78. The van der Waals surface area contributed by atoms with Crippen molar-refractivity contribution >= 4 is 0 Å². The number of aliphatic hydroxyl groups excluding tert-OH is 1. The summed E-state index contributed by atoms with van der Waals surface area (Å²) in [5.41, 5.74) is 2.22. The molecule has 3 nitrogen and oxygen atoms in total. The molecule has 4 aliphatic rings. The lowest BCUT2D eigenvalue weighted by molar-refractivity contribution is -0.155. The predicted molar refractivity (Wildman–Crippen MR) is 96.6 cm³/mol. The van der Waals surface area contributed by atoms with Crippen molar-refractivity contribution in [1.82, 2.24) is 0 Å². The van der Waals surface area contributed by atoms with Crippen LogP contribution in [0.5, 0.6) is 5.75 Å². The molecule has 0 bridgehead atoms. The third-order valence-corrected chi connectivity index (χ3v) is 8.94. The average Bonchev–Trinajstić information content (AvgIpc) is 3.26. The molecule has 25 heavy (non-hydrogen) atoms. The molecule has 4 aliphatic carbocycles. The second-order valence-corrected chi connectivity index (χ2v) is 9.58. The third kappa shape index (κ3) is 1.70. The van der Waals surface area contributed by atoms with E-state index < -0.39 is 5.60 Å². The first-order valence-electron chi connectivity index (χ1n) is 9.90. The van der Waals surface area contributed by atoms with E-state index in [2.05, 4.69) is 32.0 Å². The van der Waals surface area contributed by atoms with E-state index in [-0.39, 0.29) is 17.4 Å². The van der Waals surface area contributed by atoms with E-state index in [0.717, 1.165) is 31.4 Å². The van der Waals surface area contributed by atoms with Crippen LogP contribution in [-0.4, -0.2) is 29.5 Å². The van der Waals surface area contributed by atoms with E-state index in [0.29, 0.717) is 23.7 Å². The molecule has 7 atom stereocenters. The number of benzene rings is 1. The summed E-state index contributed by atoms with van der Waals surface area (Å²) in [4.78, 5) is 0. The number of fused-ring (bicyclic) bond motifs is 3.